The zero-order chi connectivity index (χ0) is 10.3. The molecule has 3 N–H and O–H groups in total. The van der Waals surface area contributed by atoms with Gasteiger partial charge in [-0.15, -0.1) is 0 Å². The van der Waals surface area contributed by atoms with Gasteiger partial charge in [0.15, 0.2) is 11.6 Å². The summed E-state index contributed by atoms with van der Waals surface area (Å²) in [6.07, 6.45) is 0.930. The molecule has 0 amide bonds. The van der Waals surface area contributed by atoms with Crippen LogP contribution in [0.25, 0.3) is 0 Å². The highest BCUT2D eigenvalue weighted by molar-refractivity contribution is 5.74. The van der Waals surface area contributed by atoms with Gasteiger partial charge in [-0.2, -0.15) is 0 Å². The molecule has 0 unspecified atom stereocenters. The SMILES string of the molecule is OC1=CN(O)c2cc(F)c(F)cc2N1. The van der Waals surface area contributed by atoms with Gasteiger partial charge in [0, 0.05) is 12.1 Å². The van der Waals surface area contributed by atoms with Crippen LogP contribution < -0.4 is 10.4 Å². The van der Waals surface area contributed by atoms with Crippen molar-refractivity contribution in [2.75, 3.05) is 10.4 Å². The van der Waals surface area contributed by atoms with E-state index in [0.717, 1.165) is 18.3 Å². The van der Waals surface area contributed by atoms with Gasteiger partial charge in [-0.1, -0.05) is 0 Å². The number of nitrogens with zero attached hydrogens (tertiary/aromatic N) is 1. The third-order valence-corrected chi connectivity index (χ3v) is 1.79. The second-order valence-corrected chi connectivity index (χ2v) is 2.77. The minimum Gasteiger partial charge on any atom is -0.493 e. The lowest BCUT2D eigenvalue weighted by Gasteiger charge is -2.22. The number of aliphatic hydroxyl groups excluding tert-OH is 1. The molecule has 6 heteroatoms. The molecule has 14 heavy (non-hydrogen) atoms. The smallest absolute Gasteiger partial charge is 0.208 e. The van der Waals surface area contributed by atoms with Gasteiger partial charge in [-0.3, -0.25) is 5.21 Å². The highest BCUT2D eigenvalue weighted by Crippen LogP contribution is 2.31. The van der Waals surface area contributed by atoms with Crippen molar-refractivity contribution in [2.24, 2.45) is 0 Å². The molecule has 1 aliphatic rings. The van der Waals surface area contributed by atoms with Gasteiger partial charge in [0.25, 0.3) is 0 Å². The average molecular weight is 200 g/mol. The Kier molecular flexibility index (Phi) is 1.78. The maximum atomic E-state index is 12.8. The Morgan fingerprint density at radius 3 is 2.57 bits per heavy atom. The summed E-state index contributed by atoms with van der Waals surface area (Å²) in [5, 5.41) is 21.1. The van der Waals surface area contributed by atoms with Crippen molar-refractivity contribution in [3.63, 3.8) is 0 Å². The van der Waals surface area contributed by atoms with E-state index in [1.54, 1.807) is 0 Å². The Labute approximate surface area is 77.6 Å². The van der Waals surface area contributed by atoms with Crippen LogP contribution in [0, 0.1) is 11.6 Å². The van der Waals surface area contributed by atoms with Crippen LogP contribution in [0.5, 0.6) is 0 Å². The van der Waals surface area contributed by atoms with Crippen LogP contribution in [0.15, 0.2) is 24.2 Å². The number of hydrogen-bond acceptors (Lipinski definition) is 4. The summed E-state index contributed by atoms with van der Waals surface area (Å²) in [5.41, 5.74) is 0.119. The van der Waals surface area contributed by atoms with Crippen molar-refractivity contribution in [2.45, 2.75) is 0 Å². The lowest BCUT2D eigenvalue weighted by molar-refractivity contribution is 0.283. The number of nitrogens with one attached hydrogen (secondary N) is 1. The van der Waals surface area contributed by atoms with E-state index in [1.807, 2.05) is 0 Å². The highest BCUT2D eigenvalue weighted by Gasteiger charge is 2.18. The van der Waals surface area contributed by atoms with E-state index in [1.165, 1.54) is 0 Å². The first kappa shape index (κ1) is 8.76. The van der Waals surface area contributed by atoms with Crippen LogP contribution in [0.4, 0.5) is 20.2 Å². The number of hydrogen-bond donors (Lipinski definition) is 3. The summed E-state index contributed by atoms with van der Waals surface area (Å²) in [5.74, 6) is -2.48. The summed E-state index contributed by atoms with van der Waals surface area (Å²) in [4.78, 5) is 0. The van der Waals surface area contributed by atoms with E-state index in [0.29, 0.717) is 5.06 Å². The lowest BCUT2D eigenvalue weighted by Crippen LogP contribution is -2.20. The third-order valence-electron chi connectivity index (χ3n) is 1.79. The van der Waals surface area contributed by atoms with E-state index < -0.39 is 11.6 Å². The molecule has 0 saturated carbocycles. The summed E-state index contributed by atoms with van der Waals surface area (Å²) in [7, 11) is 0. The molecule has 1 aliphatic heterocycles. The molecule has 0 saturated heterocycles. The molecule has 1 aromatic rings. The molecule has 0 spiro atoms. The Hall–Kier alpha value is -1.82. The second kappa shape index (κ2) is 2.85. The first-order valence-corrected chi connectivity index (χ1v) is 3.73. The van der Waals surface area contributed by atoms with Gasteiger partial charge in [0.2, 0.25) is 5.88 Å². The second-order valence-electron chi connectivity index (χ2n) is 2.77. The number of aliphatic hydroxyl groups is 1. The number of halogens is 2. The lowest BCUT2D eigenvalue weighted by atomic mass is 10.2. The standard InChI is InChI=1S/C8H6F2N2O2/c9-4-1-6-7(2-5(4)10)12(14)3-8(13)11-6/h1-3,11,13-14H. The minimum atomic E-state index is -1.07. The minimum absolute atomic E-state index is 0.0294. The number of benzene rings is 1. The summed E-state index contributed by atoms with van der Waals surface area (Å²) >= 11 is 0. The van der Waals surface area contributed by atoms with Crippen molar-refractivity contribution < 1.29 is 19.1 Å². The Bertz CT molecular complexity index is 420. The van der Waals surface area contributed by atoms with Crippen LogP contribution in [-0.4, -0.2) is 10.3 Å². The van der Waals surface area contributed by atoms with Crippen LogP contribution in [-0.2, 0) is 0 Å². The van der Waals surface area contributed by atoms with Crippen LogP contribution in [0.3, 0.4) is 0 Å². The molecular formula is C8H6F2N2O2. The first-order valence-electron chi connectivity index (χ1n) is 3.73. The molecule has 0 radical (unpaired) electrons. The summed E-state index contributed by atoms with van der Waals surface area (Å²) in [6, 6.07) is 1.66. The van der Waals surface area contributed by atoms with Crippen molar-refractivity contribution >= 4 is 11.4 Å². The molecule has 1 heterocycles. The Morgan fingerprint density at radius 1 is 1.21 bits per heavy atom. The molecule has 4 nitrogen and oxygen atoms in total. The first-order chi connectivity index (χ1) is 6.58. The molecule has 0 atom stereocenters. The predicted octanol–water partition coefficient (Wildman–Crippen LogP) is 1.94. The zero-order valence-electron chi connectivity index (χ0n) is 6.83. The van der Waals surface area contributed by atoms with Gasteiger partial charge in [-0.05, 0) is 0 Å². The quantitative estimate of drug-likeness (QED) is 0.599. The van der Waals surface area contributed by atoms with Gasteiger partial charge >= 0.3 is 0 Å². The maximum Gasteiger partial charge on any atom is 0.208 e. The Balaban J connectivity index is 2.55. The molecule has 0 bridgehead atoms. The highest BCUT2D eigenvalue weighted by atomic mass is 19.2. The topological polar surface area (TPSA) is 55.7 Å². The van der Waals surface area contributed by atoms with E-state index >= 15 is 0 Å². The molecule has 74 valence electrons. The third kappa shape index (κ3) is 1.25. The van der Waals surface area contributed by atoms with Gasteiger partial charge < -0.3 is 10.4 Å². The molecule has 1 aromatic carbocycles. The summed E-state index contributed by atoms with van der Waals surface area (Å²) < 4.78 is 25.5. The normalized spacial score (nSPS) is 14.5. The zero-order valence-corrected chi connectivity index (χ0v) is 6.83. The predicted molar refractivity (Wildman–Crippen MR) is 45.0 cm³/mol. The monoisotopic (exact) mass is 200 g/mol. The van der Waals surface area contributed by atoms with Crippen LogP contribution in [0.1, 0.15) is 0 Å². The fraction of sp³-hybridized carbons (Fsp3) is 0. The van der Waals surface area contributed by atoms with E-state index in [-0.39, 0.29) is 17.3 Å². The van der Waals surface area contributed by atoms with E-state index in [2.05, 4.69) is 5.32 Å². The average Bonchev–Trinajstić information content (AvgIpc) is 2.08. The van der Waals surface area contributed by atoms with Crippen molar-refractivity contribution in [1.29, 1.82) is 0 Å². The number of fused-ring (bicyclic) bond motifs is 1. The molecule has 0 aromatic heterocycles. The summed E-state index contributed by atoms with van der Waals surface area (Å²) in [6.45, 7) is 0. The van der Waals surface area contributed by atoms with Gasteiger partial charge in [-0.25, -0.2) is 13.8 Å². The molecule has 2 rings (SSSR count). The van der Waals surface area contributed by atoms with Crippen molar-refractivity contribution in [3.05, 3.63) is 35.9 Å². The van der Waals surface area contributed by atoms with Gasteiger partial charge in [0.05, 0.1) is 17.6 Å². The van der Waals surface area contributed by atoms with E-state index in [9.17, 15) is 14.0 Å². The molecule has 0 fully saturated rings. The largest absolute Gasteiger partial charge is 0.493 e. The Morgan fingerprint density at radius 2 is 1.86 bits per heavy atom. The number of anilines is 2. The van der Waals surface area contributed by atoms with Crippen LogP contribution >= 0.6 is 0 Å². The molecule has 0 aliphatic carbocycles. The maximum absolute atomic E-state index is 12.8. The fourth-order valence-electron chi connectivity index (χ4n) is 1.18. The van der Waals surface area contributed by atoms with E-state index in [4.69, 9.17) is 5.11 Å². The van der Waals surface area contributed by atoms with Gasteiger partial charge in [0.1, 0.15) is 0 Å². The number of rotatable bonds is 0. The van der Waals surface area contributed by atoms with Crippen molar-refractivity contribution in [3.8, 4) is 0 Å². The fourth-order valence-corrected chi connectivity index (χ4v) is 1.18. The number of hydroxylamine groups is 1. The van der Waals surface area contributed by atoms with Crippen molar-refractivity contribution in [1.82, 2.24) is 0 Å². The van der Waals surface area contributed by atoms with Crippen LogP contribution in [0.2, 0.25) is 0 Å². The molecular weight excluding hydrogens is 194 g/mol.